The van der Waals surface area contributed by atoms with Crippen LogP contribution in [0.3, 0.4) is 0 Å². The quantitative estimate of drug-likeness (QED) is 0.884. The number of rotatable bonds is 2. The number of hydrogen-bond donors (Lipinski definition) is 2. The van der Waals surface area contributed by atoms with Gasteiger partial charge in [-0.25, -0.2) is 0 Å². The number of anilines is 1. The van der Waals surface area contributed by atoms with Crippen LogP contribution in [0.2, 0.25) is 0 Å². The van der Waals surface area contributed by atoms with E-state index in [1.54, 1.807) is 11.8 Å². The molecule has 1 heterocycles. The summed E-state index contributed by atoms with van der Waals surface area (Å²) >= 11 is 5.28. The van der Waals surface area contributed by atoms with Crippen molar-refractivity contribution < 1.29 is 4.79 Å². The molecule has 2 N–H and O–H groups in total. The molecule has 1 unspecified atom stereocenters. The average Bonchev–Trinajstić information content (AvgIpc) is 2.96. The molecule has 98 valence electrons. The molecule has 0 aliphatic carbocycles. The van der Waals surface area contributed by atoms with Gasteiger partial charge in [-0.1, -0.05) is 40.2 Å². The van der Waals surface area contributed by atoms with Gasteiger partial charge in [-0.15, -0.1) is 11.8 Å². The maximum Gasteiger partial charge on any atom is 0.242 e. The van der Waals surface area contributed by atoms with Crippen molar-refractivity contribution in [1.82, 2.24) is 5.32 Å². The summed E-state index contributed by atoms with van der Waals surface area (Å²) < 4.78 is 1.04. The van der Waals surface area contributed by atoms with E-state index in [2.05, 4.69) is 26.6 Å². The van der Waals surface area contributed by atoms with E-state index < -0.39 is 0 Å². The van der Waals surface area contributed by atoms with Gasteiger partial charge in [-0.05, 0) is 17.5 Å². The van der Waals surface area contributed by atoms with Crippen LogP contribution in [-0.2, 0) is 4.79 Å². The Hall–Kier alpha value is -1.04. The molecular formula is C14H13BrN2OS. The number of nitrogens with one attached hydrogen (secondary N) is 2. The Balaban J connectivity index is 1.92. The van der Waals surface area contributed by atoms with Crippen molar-refractivity contribution in [1.29, 1.82) is 0 Å². The molecule has 3 rings (SSSR count). The van der Waals surface area contributed by atoms with Crippen molar-refractivity contribution in [2.24, 2.45) is 0 Å². The third-order valence-corrected chi connectivity index (χ3v) is 4.79. The Bertz CT molecular complexity index is 626. The molecule has 1 amide bonds. The molecule has 0 saturated carbocycles. The van der Waals surface area contributed by atoms with E-state index in [1.165, 1.54) is 0 Å². The first kappa shape index (κ1) is 13.0. The smallest absolute Gasteiger partial charge is 0.242 e. The second kappa shape index (κ2) is 5.53. The highest BCUT2D eigenvalue weighted by Crippen LogP contribution is 2.30. The number of fused-ring (bicyclic) bond motifs is 1. The maximum atomic E-state index is 12.1. The highest BCUT2D eigenvalue weighted by atomic mass is 79.9. The number of carbonyl (C=O) groups is 1. The minimum atomic E-state index is -0.0904. The van der Waals surface area contributed by atoms with Gasteiger partial charge in [0.05, 0.1) is 6.04 Å². The number of thioether (sulfide) groups is 1. The average molecular weight is 337 g/mol. The molecule has 1 fully saturated rings. The third-order valence-electron chi connectivity index (χ3n) is 3.16. The first-order chi connectivity index (χ1) is 9.25. The van der Waals surface area contributed by atoms with Gasteiger partial charge >= 0.3 is 0 Å². The van der Waals surface area contributed by atoms with E-state index in [0.717, 1.165) is 32.6 Å². The van der Waals surface area contributed by atoms with Crippen molar-refractivity contribution in [2.75, 3.05) is 16.9 Å². The molecule has 1 saturated heterocycles. The molecule has 0 aromatic heterocycles. The van der Waals surface area contributed by atoms with Gasteiger partial charge < -0.3 is 5.32 Å². The van der Waals surface area contributed by atoms with E-state index in [9.17, 15) is 4.79 Å². The van der Waals surface area contributed by atoms with Crippen LogP contribution in [0.1, 0.15) is 0 Å². The zero-order chi connectivity index (χ0) is 13.2. The highest BCUT2D eigenvalue weighted by molar-refractivity contribution is 9.10. The lowest BCUT2D eigenvalue weighted by molar-refractivity contribution is -0.117. The fraction of sp³-hybridized carbons (Fsp3) is 0.214. The van der Waals surface area contributed by atoms with Gasteiger partial charge in [0.1, 0.15) is 0 Å². The summed E-state index contributed by atoms with van der Waals surface area (Å²) in [6.45, 7) is 0. The van der Waals surface area contributed by atoms with Crippen molar-refractivity contribution in [2.45, 2.75) is 6.04 Å². The van der Waals surface area contributed by atoms with Crippen molar-refractivity contribution in [3.63, 3.8) is 0 Å². The van der Waals surface area contributed by atoms with Gasteiger partial charge in [0.25, 0.3) is 0 Å². The minimum Gasteiger partial charge on any atom is -0.324 e. The zero-order valence-corrected chi connectivity index (χ0v) is 12.6. The molecule has 5 heteroatoms. The summed E-state index contributed by atoms with van der Waals surface area (Å²) in [5.74, 6) is 1.72. The van der Waals surface area contributed by atoms with Crippen LogP contribution >= 0.6 is 27.7 Å². The van der Waals surface area contributed by atoms with Gasteiger partial charge in [0, 0.05) is 27.2 Å². The van der Waals surface area contributed by atoms with E-state index in [-0.39, 0.29) is 11.9 Å². The fourth-order valence-corrected chi connectivity index (χ4v) is 3.57. The lowest BCUT2D eigenvalue weighted by Gasteiger charge is -2.13. The predicted octanol–water partition coefficient (Wildman–Crippen LogP) is 3.20. The first-order valence-electron chi connectivity index (χ1n) is 6.05. The number of benzene rings is 2. The van der Waals surface area contributed by atoms with Gasteiger partial charge in [-0.2, -0.15) is 0 Å². The third kappa shape index (κ3) is 2.63. The Kier molecular flexibility index (Phi) is 3.77. The minimum absolute atomic E-state index is 0.0393. The molecule has 0 bridgehead atoms. The SMILES string of the molecule is O=C(Nc1ccc(Br)c2ccccc12)C1CSCN1. The van der Waals surface area contributed by atoms with Crippen LogP contribution in [0.25, 0.3) is 10.8 Å². The topological polar surface area (TPSA) is 41.1 Å². The van der Waals surface area contributed by atoms with Crippen LogP contribution < -0.4 is 10.6 Å². The van der Waals surface area contributed by atoms with Crippen LogP contribution in [0.4, 0.5) is 5.69 Å². The molecule has 3 nitrogen and oxygen atoms in total. The van der Waals surface area contributed by atoms with Gasteiger partial charge in [0.15, 0.2) is 0 Å². The zero-order valence-electron chi connectivity index (χ0n) is 10.2. The van der Waals surface area contributed by atoms with E-state index in [0.29, 0.717) is 0 Å². The summed E-state index contributed by atoms with van der Waals surface area (Å²) in [6, 6.07) is 11.8. The molecule has 19 heavy (non-hydrogen) atoms. The predicted molar refractivity (Wildman–Crippen MR) is 84.5 cm³/mol. The molecule has 2 aromatic carbocycles. The summed E-state index contributed by atoms with van der Waals surface area (Å²) in [7, 11) is 0. The Labute approximate surface area is 124 Å². The summed E-state index contributed by atoms with van der Waals surface area (Å²) in [4.78, 5) is 12.1. The van der Waals surface area contributed by atoms with Gasteiger partial charge in [-0.3, -0.25) is 10.1 Å². The number of hydrogen-bond acceptors (Lipinski definition) is 3. The van der Waals surface area contributed by atoms with Crippen LogP contribution in [0, 0.1) is 0 Å². The Morgan fingerprint density at radius 2 is 2.05 bits per heavy atom. The molecule has 2 aromatic rings. The second-order valence-electron chi connectivity index (χ2n) is 4.40. The van der Waals surface area contributed by atoms with Crippen molar-refractivity contribution in [3.8, 4) is 0 Å². The molecule has 1 atom stereocenters. The van der Waals surface area contributed by atoms with E-state index in [1.807, 2.05) is 36.4 Å². The highest BCUT2D eigenvalue weighted by Gasteiger charge is 2.22. The lowest BCUT2D eigenvalue weighted by atomic mass is 10.1. The van der Waals surface area contributed by atoms with Crippen LogP contribution in [0.5, 0.6) is 0 Å². The number of carbonyl (C=O) groups excluding carboxylic acids is 1. The normalized spacial score (nSPS) is 18.7. The Morgan fingerprint density at radius 1 is 1.26 bits per heavy atom. The first-order valence-corrected chi connectivity index (χ1v) is 8.00. The van der Waals surface area contributed by atoms with Crippen LogP contribution in [-0.4, -0.2) is 23.6 Å². The molecule has 0 radical (unpaired) electrons. The lowest BCUT2D eigenvalue weighted by Crippen LogP contribution is -2.37. The van der Waals surface area contributed by atoms with Crippen LogP contribution in [0.15, 0.2) is 40.9 Å². The van der Waals surface area contributed by atoms with E-state index >= 15 is 0 Å². The van der Waals surface area contributed by atoms with Crippen molar-refractivity contribution in [3.05, 3.63) is 40.9 Å². The fourth-order valence-electron chi connectivity index (χ4n) is 2.15. The molecule has 1 aliphatic rings. The largest absolute Gasteiger partial charge is 0.324 e. The summed E-state index contributed by atoms with van der Waals surface area (Å²) in [6.07, 6.45) is 0. The number of halogens is 1. The monoisotopic (exact) mass is 336 g/mol. The summed E-state index contributed by atoms with van der Waals surface area (Å²) in [5.41, 5.74) is 0.863. The molecule has 1 aliphatic heterocycles. The van der Waals surface area contributed by atoms with E-state index in [4.69, 9.17) is 0 Å². The maximum absolute atomic E-state index is 12.1. The standard InChI is InChI=1S/C14H13BrN2OS/c15-11-5-6-12(10-4-2-1-3-9(10)11)17-14(18)13-7-19-8-16-13/h1-6,13,16H,7-8H2,(H,17,18). The summed E-state index contributed by atoms with van der Waals surface area (Å²) in [5, 5.41) is 8.35. The van der Waals surface area contributed by atoms with Crippen molar-refractivity contribution >= 4 is 50.1 Å². The van der Waals surface area contributed by atoms with Gasteiger partial charge in [0.2, 0.25) is 5.91 Å². The number of amides is 1. The molecule has 0 spiro atoms. The Morgan fingerprint density at radius 3 is 2.79 bits per heavy atom. The second-order valence-corrected chi connectivity index (χ2v) is 6.29. The molecular weight excluding hydrogens is 324 g/mol.